The van der Waals surface area contributed by atoms with E-state index in [4.69, 9.17) is 9.47 Å². The van der Waals surface area contributed by atoms with E-state index in [2.05, 4.69) is 10.4 Å². The predicted molar refractivity (Wildman–Crippen MR) is 114 cm³/mol. The van der Waals surface area contributed by atoms with Gasteiger partial charge in [0, 0.05) is 18.3 Å². The molecule has 0 atom stereocenters. The summed E-state index contributed by atoms with van der Waals surface area (Å²) in [5.41, 5.74) is 1.99. The maximum absolute atomic E-state index is 12.2. The van der Waals surface area contributed by atoms with Crippen molar-refractivity contribution in [3.8, 4) is 11.5 Å². The fourth-order valence-electron chi connectivity index (χ4n) is 2.75. The molecule has 6 heteroatoms. The number of methoxy groups -OCH3 is 1. The number of nitrogens with one attached hydrogen (secondary N) is 1. The molecule has 0 saturated carbocycles. The summed E-state index contributed by atoms with van der Waals surface area (Å²) in [6.07, 6.45) is 5.96. The van der Waals surface area contributed by atoms with Crippen LogP contribution in [0.5, 0.6) is 11.5 Å². The van der Waals surface area contributed by atoms with Gasteiger partial charge in [0.25, 0.3) is 0 Å². The highest BCUT2D eigenvalue weighted by Crippen LogP contribution is 2.28. The molecule has 0 unspecified atom stereocenters. The average molecular weight is 391 g/mol. The van der Waals surface area contributed by atoms with Crippen molar-refractivity contribution in [3.63, 3.8) is 0 Å². The Morgan fingerprint density at radius 3 is 2.72 bits per heavy atom. The van der Waals surface area contributed by atoms with Crippen molar-refractivity contribution < 1.29 is 14.3 Å². The maximum Gasteiger partial charge on any atom is 0.249 e. The quantitative estimate of drug-likeness (QED) is 0.550. The van der Waals surface area contributed by atoms with Crippen molar-refractivity contribution in [2.45, 2.75) is 19.9 Å². The van der Waals surface area contributed by atoms with Crippen molar-refractivity contribution in [1.82, 2.24) is 9.78 Å². The number of rotatable bonds is 9. The van der Waals surface area contributed by atoms with Gasteiger partial charge in [-0.05, 0) is 35.8 Å². The van der Waals surface area contributed by atoms with Crippen LogP contribution in [-0.2, 0) is 11.3 Å². The third kappa shape index (κ3) is 5.97. The number of carbonyl (C=O) groups is 1. The van der Waals surface area contributed by atoms with Gasteiger partial charge in [-0.15, -0.1) is 0 Å². The molecule has 0 saturated heterocycles. The van der Waals surface area contributed by atoms with E-state index in [0.717, 1.165) is 17.5 Å². The lowest BCUT2D eigenvalue weighted by Crippen LogP contribution is -2.09. The van der Waals surface area contributed by atoms with Gasteiger partial charge in [0.1, 0.15) is 0 Å². The third-order valence-electron chi connectivity index (χ3n) is 4.16. The second-order valence-electron chi connectivity index (χ2n) is 6.47. The highest BCUT2D eigenvalue weighted by Gasteiger charge is 2.06. The molecule has 150 valence electrons. The molecule has 2 aromatic carbocycles. The smallest absolute Gasteiger partial charge is 0.249 e. The zero-order valence-electron chi connectivity index (χ0n) is 16.7. The van der Waals surface area contributed by atoms with Gasteiger partial charge in [0.15, 0.2) is 17.3 Å². The Bertz CT molecular complexity index is 965. The molecule has 1 aromatic heterocycles. The second-order valence-corrected chi connectivity index (χ2v) is 6.47. The lowest BCUT2D eigenvalue weighted by Gasteiger charge is -2.10. The Labute approximate surface area is 170 Å². The molecular weight excluding hydrogens is 366 g/mol. The van der Waals surface area contributed by atoms with Gasteiger partial charge < -0.3 is 14.8 Å². The van der Waals surface area contributed by atoms with E-state index in [0.29, 0.717) is 30.5 Å². The normalized spacial score (nSPS) is 10.8. The minimum absolute atomic E-state index is 0.250. The molecule has 1 amide bonds. The molecule has 0 bridgehead atoms. The van der Waals surface area contributed by atoms with Gasteiger partial charge in [-0.1, -0.05) is 43.3 Å². The summed E-state index contributed by atoms with van der Waals surface area (Å²) in [4.78, 5) is 12.2. The largest absolute Gasteiger partial charge is 0.493 e. The first-order chi connectivity index (χ1) is 14.2. The minimum atomic E-state index is -0.250. The van der Waals surface area contributed by atoms with Gasteiger partial charge in [-0.2, -0.15) is 5.10 Å². The predicted octanol–water partition coefficient (Wildman–Crippen LogP) is 4.38. The number of nitrogens with zero attached hydrogens (tertiary/aromatic N) is 2. The SMILES string of the molecule is CCCOc1ccc(/C=C/C(=O)Nc2ccn(Cc3ccccc3)n2)cc1OC. The second kappa shape index (κ2) is 10.1. The van der Waals surface area contributed by atoms with Crippen molar-refractivity contribution in [2.75, 3.05) is 19.0 Å². The molecule has 3 rings (SSSR count). The Hall–Kier alpha value is -3.54. The number of carbonyl (C=O) groups excluding carboxylic acids is 1. The van der Waals surface area contributed by atoms with Crippen LogP contribution in [0.3, 0.4) is 0 Å². The lowest BCUT2D eigenvalue weighted by molar-refractivity contribution is -0.111. The number of benzene rings is 2. The topological polar surface area (TPSA) is 65.4 Å². The van der Waals surface area contributed by atoms with Crippen LogP contribution in [-0.4, -0.2) is 29.4 Å². The maximum atomic E-state index is 12.2. The van der Waals surface area contributed by atoms with E-state index in [9.17, 15) is 4.79 Å². The molecular formula is C23H25N3O3. The van der Waals surface area contributed by atoms with Crippen molar-refractivity contribution in [1.29, 1.82) is 0 Å². The van der Waals surface area contributed by atoms with Crippen molar-refractivity contribution in [2.24, 2.45) is 0 Å². The monoisotopic (exact) mass is 391 g/mol. The number of anilines is 1. The van der Waals surface area contributed by atoms with Gasteiger partial charge >= 0.3 is 0 Å². The minimum Gasteiger partial charge on any atom is -0.493 e. The Morgan fingerprint density at radius 2 is 1.97 bits per heavy atom. The molecule has 0 aliphatic carbocycles. The van der Waals surface area contributed by atoms with Crippen LogP contribution in [0.4, 0.5) is 5.82 Å². The summed E-state index contributed by atoms with van der Waals surface area (Å²) in [7, 11) is 1.60. The molecule has 0 radical (unpaired) electrons. The highest BCUT2D eigenvalue weighted by molar-refractivity contribution is 6.01. The zero-order chi connectivity index (χ0) is 20.5. The summed E-state index contributed by atoms with van der Waals surface area (Å²) in [6, 6.07) is 17.4. The van der Waals surface area contributed by atoms with Crippen LogP contribution >= 0.6 is 0 Å². The van der Waals surface area contributed by atoms with E-state index >= 15 is 0 Å². The van der Waals surface area contributed by atoms with Crippen molar-refractivity contribution in [3.05, 3.63) is 78.0 Å². The van der Waals surface area contributed by atoms with Gasteiger partial charge in [0.05, 0.1) is 20.3 Å². The number of ether oxygens (including phenoxy) is 2. The summed E-state index contributed by atoms with van der Waals surface area (Å²) in [5, 5.41) is 7.15. The molecule has 29 heavy (non-hydrogen) atoms. The van der Waals surface area contributed by atoms with Gasteiger partial charge in [-0.25, -0.2) is 0 Å². The van der Waals surface area contributed by atoms with E-state index in [1.54, 1.807) is 23.9 Å². The standard InChI is InChI=1S/C23H25N3O3/c1-3-15-29-20-11-9-18(16-21(20)28-2)10-12-23(27)24-22-13-14-26(25-22)17-19-7-5-4-6-8-19/h4-14,16H,3,15,17H2,1-2H3,(H,24,25,27)/b12-10+. The summed E-state index contributed by atoms with van der Waals surface area (Å²) >= 11 is 0. The van der Waals surface area contributed by atoms with Crippen LogP contribution in [0.15, 0.2) is 66.9 Å². The molecule has 0 spiro atoms. The lowest BCUT2D eigenvalue weighted by atomic mass is 10.2. The summed E-state index contributed by atoms with van der Waals surface area (Å²) < 4.78 is 12.8. The van der Waals surface area contributed by atoms with Crippen LogP contribution in [0.1, 0.15) is 24.5 Å². The molecule has 6 nitrogen and oxygen atoms in total. The summed E-state index contributed by atoms with van der Waals surface area (Å²) in [6.45, 7) is 3.33. The first-order valence-corrected chi connectivity index (χ1v) is 9.55. The Balaban J connectivity index is 1.58. The molecule has 1 N–H and O–H groups in total. The number of amides is 1. The number of hydrogen-bond acceptors (Lipinski definition) is 4. The first-order valence-electron chi connectivity index (χ1n) is 9.55. The van der Waals surface area contributed by atoms with Crippen LogP contribution in [0, 0.1) is 0 Å². The van der Waals surface area contributed by atoms with E-state index < -0.39 is 0 Å². The molecule has 3 aromatic rings. The fourth-order valence-corrected chi connectivity index (χ4v) is 2.75. The highest BCUT2D eigenvalue weighted by atomic mass is 16.5. The average Bonchev–Trinajstić information content (AvgIpc) is 3.18. The van der Waals surface area contributed by atoms with Crippen LogP contribution in [0.25, 0.3) is 6.08 Å². The van der Waals surface area contributed by atoms with E-state index in [-0.39, 0.29) is 5.91 Å². The van der Waals surface area contributed by atoms with E-state index in [1.807, 2.05) is 61.7 Å². The first kappa shape index (κ1) is 20.2. The molecule has 1 heterocycles. The van der Waals surface area contributed by atoms with Gasteiger partial charge in [-0.3, -0.25) is 9.48 Å². The Morgan fingerprint density at radius 1 is 1.14 bits per heavy atom. The van der Waals surface area contributed by atoms with Gasteiger partial charge in [0.2, 0.25) is 5.91 Å². The third-order valence-corrected chi connectivity index (χ3v) is 4.16. The number of hydrogen-bond donors (Lipinski definition) is 1. The Kier molecular flexibility index (Phi) is 7.05. The molecule has 0 fully saturated rings. The zero-order valence-corrected chi connectivity index (χ0v) is 16.7. The van der Waals surface area contributed by atoms with Crippen LogP contribution < -0.4 is 14.8 Å². The van der Waals surface area contributed by atoms with Crippen LogP contribution in [0.2, 0.25) is 0 Å². The summed E-state index contributed by atoms with van der Waals surface area (Å²) in [5.74, 6) is 1.59. The van der Waals surface area contributed by atoms with Crippen molar-refractivity contribution >= 4 is 17.8 Å². The number of aromatic nitrogens is 2. The molecule has 0 aliphatic rings. The fraction of sp³-hybridized carbons (Fsp3) is 0.217. The van der Waals surface area contributed by atoms with E-state index in [1.165, 1.54) is 6.08 Å². The molecule has 0 aliphatic heterocycles.